The first kappa shape index (κ1) is 20.2. The van der Waals surface area contributed by atoms with Crippen molar-refractivity contribution in [1.29, 1.82) is 0 Å². The van der Waals surface area contributed by atoms with Crippen LogP contribution in [0.15, 0.2) is 24.3 Å². The first-order valence-electron chi connectivity index (χ1n) is 8.24. The predicted octanol–water partition coefficient (Wildman–Crippen LogP) is 3.90. The van der Waals surface area contributed by atoms with E-state index in [1.54, 1.807) is 12.1 Å². The van der Waals surface area contributed by atoms with Gasteiger partial charge in [0.2, 0.25) is 11.7 Å². The Morgan fingerprint density at radius 3 is 2.07 bits per heavy atom. The molecule has 28 heavy (non-hydrogen) atoms. The van der Waals surface area contributed by atoms with E-state index in [4.69, 9.17) is 14.2 Å². The summed E-state index contributed by atoms with van der Waals surface area (Å²) in [5.41, 5.74) is 0.859. The maximum Gasteiger partial charge on any atom is 0.234 e. The van der Waals surface area contributed by atoms with Gasteiger partial charge in [0.25, 0.3) is 0 Å². The fourth-order valence-corrected chi connectivity index (χ4v) is 4.21. The number of halogens is 3. The molecule has 150 valence electrons. The van der Waals surface area contributed by atoms with Crippen molar-refractivity contribution in [1.82, 2.24) is 4.90 Å². The number of thioether (sulfide) groups is 1. The summed E-state index contributed by atoms with van der Waals surface area (Å²) in [6.45, 7) is -0.0682. The molecule has 1 saturated heterocycles. The summed E-state index contributed by atoms with van der Waals surface area (Å²) in [6, 6.07) is 5.22. The molecule has 1 aliphatic heterocycles. The van der Waals surface area contributed by atoms with Crippen LogP contribution in [0.4, 0.5) is 13.2 Å². The number of nitrogens with zero attached hydrogens (tertiary/aromatic N) is 1. The lowest BCUT2D eigenvalue weighted by atomic mass is 10.1. The molecule has 0 aliphatic carbocycles. The van der Waals surface area contributed by atoms with Gasteiger partial charge in [-0.15, -0.1) is 11.8 Å². The van der Waals surface area contributed by atoms with Crippen LogP contribution in [0.3, 0.4) is 0 Å². The molecule has 1 heterocycles. The van der Waals surface area contributed by atoms with Crippen LogP contribution < -0.4 is 14.2 Å². The lowest BCUT2D eigenvalue weighted by Crippen LogP contribution is -2.28. The molecule has 1 amide bonds. The monoisotopic (exact) mass is 413 g/mol. The van der Waals surface area contributed by atoms with Gasteiger partial charge >= 0.3 is 0 Å². The SMILES string of the molecule is COc1cc(C2SCC(=O)N2Cc2cc(F)c(F)c(F)c2)cc(OC)c1OC. The highest BCUT2D eigenvalue weighted by Gasteiger charge is 2.34. The summed E-state index contributed by atoms with van der Waals surface area (Å²) in [6.07, 6.45) is 0. The van der Waals surface area contributed by atoms with Crippen LogP contribution >= 0.6 is 11.8 Å². The maximum atomic E-state index is 13.5. The highest BCUT2D eigenvalue weighted by Crippen LogP contribution is 2.46. The number of hydrogen-bond donors (Lipinski definition) is 0. The third-order valence-corrected chi connectivity index (χ3v) is 5.59. The smallest absolute Gasteiger partial charge is 0.234 e. The summed E-state index contributed by atoms with van der Waals surface area (Å²) in [7, 11) is 4.45. The maximum absolute atomic E-state index is 13.5. The number of ether oxygens (including phenoxy) is 3. The molecule has 3 rings (SSSR count). The van der Waals surface area contributed by atoms with E-state index < -0.39 is 22.8 Å². The Kier molecular flexibility index (Phi) is 5.93. The molecule has 0 N–H and O–H groups in total. The molecule has 0 aromatic heterocycles. The summed E-state index contributed by atoms with van der Waals surface area (Å²) in [4.78, 5) is 13.9. The zero-order chi connectivity index (χ0) is 20.4. The second-order valence-electron chi connectivity index (χ2n) is 6.02. The van der Waals surface area contributed by atoms with Gasteiger partial charge in [-0.05, 0) is 35.4 Å². The van der Waals surface area contributed by atoms with Gasteiger partial charge in [0.15, 0.2) is 29.0 Å². The van der Waals surface area contributed by atoms with Gasteiger partial charge in [0, 0.05) is 6.54 Å². The Morgan fingerprint density at radius 2 is 1.57 bits per heavy atom. The first-order valence-corrected chi connectivity index (χ1v) is 9.28. The average molecular weight is 413 g/mol. The molecule has 1 unspecified atom stereocenters. The van der Waals surface area contributed by atoms with E-state index >= 15 is 0 Å². The summed E-state index contributed by atoms with van der Waals surface area (Å²) in [5.74, 6) is -2.85. The van der Waals surface area contributed by atoms with Gasteiger partial charge in [0.1, 0.15) is 5.37 Å². The van der Waals surface area contributed by atoms with E-state index in [9.17, 15) is 18.0 Å². The van der Waals surface area contributed by atoms with Crippen molar-refractivity contribution in [3.05, 3.63) is 52.8 Å². The molecule has 9 heteroatoms. The molecule has 0 saturated carbocycles. The molecule has 2 aromatic rings. The number of hydrogen-bond acceptors (Lipinski definition) is 5. The number of carbonyl (C=O) groups excluding carboxylic acids is 1. The van der Waals surface area contributed by atoms with Gasteiger partial charge in [-0.1, -0.05) is 0 Å². The van der Waals surface area contributed by atoms with Crippen LogP contribution in [0.5, 0.6) is 17.2 Å². The highest BCUT2D eigenvalue weighted by molar-refractivity contribution is 8.00. The molecule has 5 nitrogen and oxygen atoms in total. The minimum absolute atomic E-state index is 0.0682. The van der Waals surface area contributed by atoms with Gasteiger partial charge in [-0.2, -0.15) is 0 Å². The summed E-state index contributed by atoms with van der Waals surface area (Å²) in [5, 5.41) is -0.433. The summed E-state index contributed by atoms with van der Waals surface area (Å²) >= 11 is 1.36. The predicted molar refractivity (Wildman–Crippen MR) is 98.2 cm³/mol. The zero-order valence-electron chi connectivity index (χ0n) is 15.4. The van der Waals surface area contributed by atoms with Crippen LogP contribution in [0.1, 0.15) is 16.5 Å². The minimum Gasteiger partial charge on any atom is -0.493 e. The Hall–Kier alpha value is -2.55. The Balaban J connectivity index is 1.96. The normalized spacial score (nSPS) is 16.4. The largest absolute Gasteiger partial charge is 0.493 e. The van der Waals surface area contributed by atoms with Crippen LogP contribution in [-0.4, -0.2) is 37.9 Å². The number of carbonyl (C=O) groups is 1. The van der Waals surface area contributed by atoms with Crippen LogP contribution in [0.2, 0.25) is 0 Å². The molecule has 2 aromatic carbocycles. The molecular weight excluding hydrogens is 395 g/mol. The first-order chi connectivity index (χ1) is 13.4. The second-order valence-corrected chi connectivity index (χ2v) is 7.09. The third-order valence-electron chi connectivity index (χ3n) is 4.34. The van der Waals surface area contributed by atoms with Crippen molar-refractivity contribution in [2.75, 3.05) is 27.1 Å². The van der Waals surface area contributed by atoms with Crippen molar-refractivity contribution in [3.63, 3.8) is 0 Å². The molecular formula is C19H18F3NO4S. The Bertz CT molecular complexity index is 861. The molecule has 1 aliphatic rings. The Labute approximate surface area is 164 Å². The van der Waals surface area contributed by atoms with Crippen molar-refractivity contribution >= 4 is 17.7 Å². The minimum atomic E-state index is -1.54. The van der Waals surface area contributed by atoms with Crippen LogP contribution in [0.25, 0.3) is 0 Å². The molecule has 0 spiro atoms. The van der Waals surface area contributed by atoms with Gasteiger partial charge < -0.3 is 19.1 Å². The fourth-order valence-electron chi connectivity index (χ4n) is 3.04. The van der Waals surface area contributed by atoms with Crippen molar-refractivity contribution < 1.29 is 32.2 Å². The quantitative estimate of drug-likeness (QED) is 0.673. The number of rotatable bonds is 6. The summed E-state index contributed by atoms with van der Waals surface area (Å²) < 4.78 is 56.3. The van der Waals surface area contributed by atoms with E-state index in [-0.39, 0.29) is 23.8 Å². The van der Waals surface area contributed by atoms with E-state index in [2.05, 4.69) is 0 Å². The van der Waals surface area contributed by atoms with E-state index in [0.29, 0.717) is 22.8 Å². The van der Waals surface area contributed by atoms with Gasteiger partial charge in [0.05, 0.1) is 27.1 Å². The van der Waals surface area contributed by atoms with E-state index in [1.165, 1.54) is 38.0 Å². The van der Waals surface area contributed by atoms with E-state index in [1.807, 2.05) is 0 Å². The number of amides is 1. The molecule has 1 fully saturated rings. The number of methoxy groups -OCH3 is 3. The van der Waals surface area contributed by atoms with Crippen LogP contribution in [0, 0.1) is 17.5 Å². The topological polar surface area (TPSA) is 48.0 Å². The fraction of sp³-hybridized carbons (Fsp3) is 0.316. The van der Waals surface area contributed by atoms with Gasteiger partial charge in [-0.25, -0.2) is 13.2 Å². The highest BCUT2D eigenvalue weighted by atomic mass is 32.2. The zero-order valence-corrected chi connectivity index (χ0v) is 16.2. The van der Waals surface area contributed by atoms with Crippen LogP contribution in [-0.2, 0) is 11.3 Å². The lowest BCUT2D eigenvalue weighted by Gasteiger charge is -2.25. The second kappa shape index (κ2) is 8.22. The lowest BCUT2D eigenvalue weighted by molar-refractivity contribution is -0.128. The van der Waals surface area contributed by atoms with Crippen molar-refractivity contribution in [2.45, 2.75) is 11.9 Å². The van der Waals surface area contributed by atoms with Gasteiger partial charge in [-0.3, -0.25) is 4.79 Å². The van der Waals surface area contributed by atoms with Crippen molar-refractivity contribution in [3.8, 4) is 17.2 Å². The van der Waals surface area contributed by atoms with E-state index in [0.717, 1.165) is 12.1 Å². The standard InChI is InChI=1S/C19H18F3NO4S/c1-25-14-6-11(7-15(26-2)18(14)27-3)19-23(16(24)9-28-19)8-10-4-12(20)17(22)13(21)5-10/h4-7,19H,8-9H2,1-3H3. The number of benzene rings is 2. The molecule has 0 bridgehead atoms. The molecule has 1 atom stereocenters. The third kappa shape index (κ3) is 3.71. The average Bonchev–Trinajstić information content (AvgIpc) is 3.05. The Morgan fingerprint density at radius 1 is 1.00 bits per heavy atom. The molecule has 0 radical (unpaired) electrons. The van der Waals surface area contributed by atoms with Crippen molar-refractivity contribution in [2.24, 2.45) is 0 Å².